The Bertz CT molecular complexity index is 139. The lowest BCUT2D eigenvalue weighted by molar-refractivity contribution is 0.388. The lowest BCUT2D eigenvalue weighted by Crippen LogP contribution is -2.23. The normalized spacial score (nSPS) is 11.8. The summed E-state index contributed by atoms with van der Waals surface area (Å²) >= 11 is 0. The topological polar surface area (TPSA) is 55.4 Å². The summed E-state index contributed by atoms with van der Waals surface area (Å²) in [5.74, 6) is 0. The predicted molar refractivity (Wildman–Crippen MR) is 29.6 cm³/mol. The molecule has 0 aliphatic rings. The van der Waals surface area contributed by atoms with E-state index in [9.17, 15) is 8.42 Å². The van der Waals surface area contributed by atoms with Gasteiger partial charge < -0.3 is 0 Å². The van der Waals surface area contributed by atoms with Crippen LogP contribution >= 0.6 is 0 Å². The SMILES string of the molecule is CCNS(=O)(=O)OC. The highest BCUT2D eigenvalue weighted by atomic mass is 32.2. The molecule has 0 bridgehead atoms. The molecule has 0 heterocycles. The number of rotatable bonds is 3. The minimum Gasteiger partial charge on any atom is -0.261 e. The molecular weight excluding hydrogens is 130 g/mol. The van der Waals surface area contributed by atoms with Gasteiger partial charge in [-0.2, -0.15) is 13.1 Å². The molecule has 0 aromatic heterocycles. The minimum atomic E-state index is -3.42. The zero-order valence-corrected chi connectivity index (χ0v) is 5.66. The van der Waals surface area contributed by atoms with Crippen molar-refractivity contribution >= 4 is 10.3 Å². The smallest absolute Gasteiger partial charge is 0.261 e. The van der Waals surface area contributed by atoms with Gasteiger partial charge in [0.25, 0.3) is 0 Å². The Morgan fingerprint density at radius 3 is 2.25 bits per heavy atom. The first-order valence-electron chi connectivity index (χ1n) is 2.17. The van der Waals surface area contributed by atoms with E-state index in [1.54, 1.807) is 6.92 Å². The van der Waals surface area contributed by atoms with Crippen LogP contribution in [0.1, 0.15) is 6.92 Å². The summed E-state index contributed by atoms with van der Waals surface area (Å²) in [4.78, 5) is 0. The molecule has 0 fully saturated rings. The van der Waals surface area contributed by atoms with E-state index in [0.29, 0.717) is 6.54 Å². The second kappa shape index (κ2) is 3.01. The van der Waals surface area contributed by atoms with Crippen LogP contribution in [0.3, 0.4) is 0 Å². The monoisotopic (exact) mass is 139 g/mol. The standard InChI is InChI=1S/C3H9NO3S/c1-3-4-8(5,6)7-2/h4H,3H2,1-2H3. The highest BCUT2D eigenvalue weighted by molar-refractivity contribution is 7.84. The van der Waals surface area contributed by atoms with Crippen LogP contribution < -0.4 is 4.72 Å². The van der Waals surface area contributed by atoms with Gasteiger partial charge in [-0.3, -0.25) is 4.18 Å². The molecule has 0 amide bonds. The van der Waals surface area contributed by atoms with Gasteiger partial charge in [-0.05, 0) is 0 Å². The average Bonchev–Trinajstić information content (AvgIpc) is 1.67. The van der Waals surface area contributed by atoms with Crippen molar-refractivity contribution in [3.63, 3.8) is 0 Å². The average molecular weight is 139 g/mol. The zero-order chi connectivity index (χ0) is 6.62. The van der Waals surface area contributed by atoms with Crippen LogP contribution in [0.15, 0.2) is 0 Å². The molecule has 0 saturated heterocycles. The summed E-state index contributed by atoms with van der Waals surface area (Å²) < 4.78 is 26.7. The van der Waals surface area contributed by atoms with E-state index in [4.69, 9.17) is 0 Å². The maximum Gasteiger partial charge on any atom is 0.335 e. The molecule has 8 heavy (non-hydrogen) atoms. The first-order valence-corrected chi connectivity index (χ1v) is 3.58. The third kappa shape index (κ3) is 2.95. The Morgan fingerprint density at radius 1 is 1.62 bits per heavy atom. The van der Waals surface area contributed by atoms with Crippen molar-refractivity contribution in [3.05, 3.63) is 0 Å². The van der Waals surface area contributed by atoms with Gasteiger partial charge in [0, 0.05) is 6.54 Å². The molecule has 0 aromatic rings. The van der Waals surface area contributed by atoms with Gasteiger partial charge >= 0.3 is 10.3 Å². The summed E-state index contributed by atoms with van der Waals surface area (Å²) in [5, 5.41) is 0. The van der Waals surface area contributed by atoms with Crippen molar-refractivity contribution in [1.82, 2.24) is 4.72 Å². The summed E-state index contributed by atoms with van der Waals surface area (Å²) in [5.41, 5.74) is 0. The summed E-state index contributed by atoms with van der Waals surface area (Å²) in [7, 11) is -2.31. The molecule has 0 radical (unpaired) electrons. The van der Waals surface area contributed by atoms with Crippen LogP contribution in [0.4, 0.5) is 0 Å². The van der Waals surface area contributed by atoms with Crippen molar-refractivity contribution in [1.29, 1.82) is 0 Å². The van der Waals surface area contributed by atoms with Crippen molar-refractivity contribution < 1.29 is 12.6 Å². The van der Waals surface area contributed by atoms with Gasteiger partial charge in [-0.15, -0.1) is 0 Å². The van der Waals surface area contributed by atoms with Gasteiger partial charge in [-0.25, -0.2) is 0 Å². The molecule has 5 heteroatoms. The van der Waals surface area contributed by atoms with E-state index in [1.165, 1.54) is 0 Å². The third-order valence-electron chi connectivity index (χ3n) is 0.541. The molecule has 0 unspecified atom stereocenters. The molecule has 0 aromatic carbocycles. The maximum absolute atomic E-state index is 10.3. The van der Waals surface area contributed by atoms with E-state index in [0.717, 1.165) is 7.11 Å². The highest BCUT2D eigenvalue weighted by Crippen LogP contribution is 1.78. The molecule has 0 spiro atoms. The summed E-state index contributed by atoms with van der Waals surface area (Å²) in [6, 6.07) is 0. The lowest BCUT2D eigenvalue weighted by atomic mass is 10.8. The Kier molecular flexibility index (Phi) is 2.96. The minimum absolute atomic E-state index is 0.357. The summed E-state index contributed by atoms with van der Waals surface area (Å²) in [6.45, 7) is 2.03. The van der Waals surface area contributed by atoms with Crippen LogP contribution in [0.5, 0.6) is 0 Å². The van der Waals surface area contributed by atoms with E-state index >= 15 is 0 Å². The highest BCUT2D eigenvalue weighted by Gasteiger charge is 2.01. The van der Waals surface area contributed by atoms with Crippen molar-refractivity contribution in [2.45, 2.75) is 6.92 Å². The van der Waals surface area contributed by atoms with Gasteiger partial charge in [0.2, 0.25) is 0 Å². The lowest BCUT2D eigenvalue weighted by Gasteiger charge is -1.97. The van der Waals surface area contributed by atoms with Gasteiger partial charge in [0.05, 0.1) is 7.11 Å². The van der Waals surface area contributed by atoms with Crippen LogP contribution in [0.2, 0.25) is 0 Å². The van der Waals surface area contributed by atoms with E-state index in [1.807, 2.05) is 0 Å². The molecule has 4 nitrogen and oxygen atoms in total. The zero-order valence-electron chi connectivity index (χ0n) is 4.84. The third-order valence-corrected chi connectivity index (χ3v) is 1.62. The first-order chi connectivity index (χ1) is 3.62. The largest absolute Gasteiger partial charge is 0.335 e. The fourth-order valence-corrected chi connectivity index (χ4v) is 0.707. The van der Waals surface area contributed by atoms with Crippen LogP contribution in [-0.2, 0) is 14.5 Å². The Balaban J connectivity index is 3.76. The van der Waals surface area contributed by atoms with E-state index in [-0.39, 0.29) is 0 Å². The molecule has 50 valence electrons. The molecule has 0 atom stereocenters. The van der Waals surface area contributed by atoms with Crippen molar-refractivity contribution in [2.24, 2.45) is 0 Å². The predicted octanol–water partition coefficient (Wildman–Crippen LogP) is -0.513. The fraction of sp³-hybridized carbons (Fsp3) is 1.00. The number of hydrogen-bond acceptors (Lipinski definition) is 3. The Labute approximate surface area is 49.1 Å². The maximum atomic E-state index is 10.3. The molecule has 1 N–H and O–H groups in total. The van der Waals surface area contributed by atoms with Crippen LogP contribution in [0, 0.1) is 0 Å². The second-order valence-electron chi connectivity index (χ2n) is 1.12. The van der Waals surface area contributed by atoms with Crippen LogP contribution in [-0.4, -0.2) is 22.1 Å². The van der Waals surface area contributed by atoms with Gasteiger partial charge in [0.15, 0.2) is 0 Å². The van der Waals surface area contributed by atoms with Crippen LogP contribution in [0.25, 0.3) is 0 Å². The molecule has 0 aliphatic heterocycles. The molecule has 0 rings (SSSR count). The number of nitrogens with one attached hydrogen (secondary N) is 1. The quantitative estimate of drug-likeness (QED) is 0.572. The summed E-state index contributed by atoms with van der Waals surface area (Å²) in [6.07, 6.45) is 0. The van der Waals surface area contributed by atoms with Crippen molar-refractivity contribution in [3.8, 4) is 0 Å². The molecular formula is C3H9NO3S. The Morgan fingerprint density at radius 2 is 2.12 bits per heavy atom. The van der Waals surface area contributed by atoms with Gasteiger partial charge in [0.1, 0.15) is 0 Å². The second-order valence-corrected chi connectivity index (χ2v) is 2.65. The fourth-order valence-electron chi connectivity index (χ4n) is 0.236. The van der Waals surface area contributed by atoms with Crippen molar-refractivity contribution in [2.75, 3.05) is 13.7 Å². The van der Waals surface area contributed by atoms with E-state index in [2.05, 4.69) is 8.91 Å². The molecule has 0 saturated carbocycles. The van der Waals surface area contributed by atoms with E-state index < -0.39 is 10.3 Å². The number of hydrogen-bond donors (Lipinski definition) is 1. The van der Waals surface area contributed by atoms with Gasteiger partial charge in [-0.1, -0.05) is 6.92 Å². The molecule has 0 aliphatic carbocycles. The first kappa shape index (κ1) is 7.87. The Hall–Kier alpha value is -0.130.